The van der Waals surface area contributed by atoms with Crippen LogP contribution in [0.2, 0.25) is 0 Å². The quantitative estimate of drug-likeness (QED) is 0.746. The molecule has 0 bridgehead atoms. The molecular formula is C14H18N2O2. The van der Waals surface area contributed by atoms with Gasteiger partial charge in [0.1, 0.15) is 5.82 Å². The minimum absolute atomic E-state index is 0.407. The number of carbonyl (C=O) groups excluding carboxylic acids is 1. The Kier molecular flexibility index (Phi) is 2.82. The average molecular weight is 246 g/mol. The first-order valence-electron chi connectivity index (χ1n) is 6.48. The Balaban J connectivity index is 1.77. The van der Waals surface area contributed by atoms with Crippen LogP contribution in [0.4, 0.5) is 5.82 Å². The standard InChI is InChI=1S/C14H18N2O2/c1-11-2-3-12(8-17)13(15-11)16-9-14(10-16)4-6-18-7-5-14/h2-3,8H,4-7,9-10H2,1H3. The molecule has 0 radical (unpaired) electrons. The van der Waals surface area contributed by atoms with E-state index in [0.717, 1.165) is 56.9 Å². The zero-order valence-electron chi connectivity index (χ0n) is 10.7. The molecule has 1 aromatic rings. The van der Waals surface area contributed by atoms with Crippen LogP contribution in [0, 0.1) is 12.3 Å². The summed E-state index contributed by atoms with van der Waals surface area (Å²) < 4.78 is 5.42. The molecule has 0 unspecified atom stereocenters. The van der Waals surface area contributed by atoms with Crippen LogP contribution in [0.25, 0.3) is 0 Å². The van der Waals surface area contributed by atoms with Crippen LogP contribution in [0.3, 0.4) is 0 Å². The summed E-state index contributed by atoms with van der Waals surface area (Å²) in [5.74, 6) is 0.849. The minimum Gasteiger partial charge on any atom is -0.381 e. The largest absolute Gasteiger partial charge is 0.381 e. The first-order valence-corrected chi connectivity index (χ1v) is 6.48. The monoisotopic (exact) mass is 246 g/mol. The van der Waals surface area contributed by atoms with Crippen molar-refractivity contribution in [3.63, 3.8) is 0 Å². The highest BCUT2D eigenvalue weighted by molar-refractivity contribution is 5.83. The zero-order valence-corrected chi connectivity index (χ0v) is 10.7. The Morgan fingerprint density at radius 3 is 2.72 bits per heavy atom. The van der Waals surface area contributed by atoms with Crippen LogP contribution in [0.5, 0.6) is 0 Å². The number of anilines is 1. The van der Waals surface area contributed by atoms with E-state index in [1.165, 1.54) is 0 Å². The van der Waals surface area contributed by atoms with Crippen LogP contribution < -0.4 is 4.90 Å². The fraction of sp³-hybridized carbons (Fsp3) is 0.571. The maximum atomic E-state index is 11.1. The van der Waals surface area contributed by atoms with Crippen molar-refractivity contribution >= 4 is 12.1 Å². The summed E-state index contributed by atoms with van der Waals surface area (Å²) in [5, 5.41) is 0. The molecule has 2 fully saturated rings. The van der Waals surface area contributed by atoms with Gasteiger partial charge in [0.2, 0.25) is 0 Å². The summed E-state index contributed by atoms with van der Waals surface area (Å²) in [7, 11) is 0. The van der Waals surface area contributed by atoms with Gasteiger partial charge in [-0.05, 0) is 31.9 Å². The van der Waals surface area contributed by atoms with Crippen molar-refractivity contribution in [1.82, 2.24) is 4.98 Å². The van der Waals surface area contributed by atoms with Gasteiger partial charge in [-0.1, -0.05) is 0 Å². The Bertz CT molecular complexity index is 459. The SMILES string of the molecule is Cc1ccc(C=O)c(N2CC3(CCOCC3)C2)n1. The van der Waals surface area contributed by atoms with Gasteiger partial charge >= 0.3 is 0 Å². The average Bonchev–Trinajstić information content (AvgIpc) is 2.37. The van der Waals surface area contributed by atoms with Crippen molar-refractivity contribution in [1.29, 1.82) is 0 Å². The number of pyridine rings is 1. The molecule has 4 nitrogen and oxygen atoms in total. The van der Waals surface area contributed by atoms with Gasteiger partial charge in [0.05, 0.1) is 5.56 Å². The van der Waals surface area contributed by atoms with Gasteiger partial charge in [-0.25, -0.2) is 4.98 Å². The van der Waals surface area contributed by atoms with E-state index in [1.807, 2.05) is 19.1 Å². The summed E-state index contributed by atoms with van der Waals surface area (Å²) >= 11 is 0. The van der Waals surface area contributed by atoms with Crippen molar-refractivity contribution in [2.24, 2.45) is 5.41 Å². The van der Waals surface area contributed by atoms with Gasteiger partial charge in [-0.3, -0.25) is 4.79 Å². The van der Waals surface area contributed by atoms with E-state index >= 15 is 0 Å². The molecule has 0 N–H and O–H groups in total. The predicted molar refractivity (Wildman–Crippen MR) is 69.1 cm³/mol. The van der Waals surface area contributed by atoms with Crippen LogP contribution in [0.15, 0.2) is 12.1 Å². The molecule has 1 spiro atoms. The second-order valence-electron chi connectivity index (χ2n) is 5.45. The number of rotatable bonds is 2. The van der Waals surface area contributed by atoms with E-state index in [2.05, 4.69) is 9.88 Å². The summed E-state index contributed by atoms with van der Waals surface area (Å²) in [5.41, 5.74) is 2.06. The van der Waals surface area contributed by atoms with Gasteiger partial charge < -0.3 is 9.64 Å². The Morgan fingerprint density at radius 1 is 1.33 bits per heavy atom. The highest BCUT2D eigenvalue weighted by Gasteiger charge is 2.44. The number of aldehydes is 1. The second-order valence-corrected chi connectivity index (χ2v) is 5.45. The molecule has 3 heterocycles. The molecule has 4 heteroatoms. The predicted octanol–water partition coefficient (Wildman–Crippen LogP) is 1.82. The number of carbonyl (C=O) groups is 1. The molecule has 0 aliphatic carbocycles. The molecule has 0 atom stereocenters. The number of aromatic nitrogens is 1. The molecule has 2 aliphatic rings. The number of ether oxygens (including phenoxy) is 1. The molecule has 96 valence electrons. The minimum atomic E-state index is 0.407. The molecule has 0 amide bonds. The van der Waals surface area contributed by atoms with Crippen molar-refractivity contribution in [3.05, 3.63) is 23.4 Å². The lowest BCUT2D eigenvalue weighted by atomic mass is 9.73. The third-order valence-corrected chi connectivity index (χ3v) is 4.08. The molecular weight excluding hydrogens is 228 g/mol. The number of aryl methyl sites for hydroxylation is 1. The molecule has 2 aliphatic heterocycles. The zero-order chi connectivity index (χ0) is 12.6. The van der Waals surface area contributed by atoms with E-state index < -0.39 is 0 Å². The molecule has 1 aromatic heterocycles. The Hall–Kier alpha value is -1.42. The molecule has 3 rings (SSSR count). The lowest BCUT2D eigenvalue weighted by molar-refractivity contribution is -0.000503. The molecule has 0 aromatic carbocycles. The first kappa shape index (κ1) is 11.7. The van der Waals surface area contributed by atoms with Gasteiger partial charge in [-0.15, -0.1) is 0 Å². The van der Waals surface area contributed by atoms with E-state index in [1.54, 1.807) is 0 Å². The number of hydrogen-bond acceptors (Lipinski definition) is 4. The number of hydrogen-bond donors (Lipinski definition) is 0. The highest BCUT2D eigenvalue weighted by atomic mass is 16.5. The fourth-order valence-corrected chi connectivity index (χ4v) is 2.93. The number of nitrogens with zero attached hydrogens (tertiary/aromatic N) is 2. The van der Waals surface area contributed by atoms with E-state index in [-0.39, 0.29) is 0 Å². The Labute approximate surface area is 107 Å². The highest BCUT2D eigenvalue weighted by Crippen LogP contribution is 2.42. The summed E-state index contributed by atoms with van der Waals surface area (Å²) in [4.78, 5) is 17.8. The van der Waals surface area contributed by atoms with Crippen molar-refractivity contribution < 1.29 is 9.53 Å². The van der Waals surface area contributed by atoms with Crippen LogP contribution in [-0.4, -0.2) is 37.6 Å². The van der Waals surface area contributed by atoms with Crippen molar-refractivity contribution in [3.8, 4) is 0 Å². The third-order valence-electron chi connectivity index (χ3n) is 4.08. The van der Waals surface area contributed by atoms with Gasteiger partial charge in [0.25, 0.3) is 0 Å². The van der Waals surface area contributed by atoms with Crippen molar-refractivity contribution in [2.75, 3.05) is 31.2 Å². The molecule has 2 saturated heterocycles. The van der Waals surface area contributed by atoms with E-state index in [4.69, 9.17) is 4.74 Å². The normalized spacial score (nSPS) is 21.7. The maximum absolute atomic E-state index is 11.1. The molecule has 18 heavy (non-hydrogen) atoms. The second kappa shape index (κ2) is 4.35. The first-order chi connectivity index (χ1) is 8.72. The van der Waals surface area contributed by atoms with Crippen LogP contribution >= 0.6 is 0 Å². The smallest absolute Gasteiger partial charge is 0.153 e. The van der Waals surface area contributed by atoms with Gasteiger partial charge in [-0.2, -0.15) is 0 Å². The van der Waals surface area contributed by atoms with Crippen LogP contribution in [-0.2, 0) is 4.74 Å². The third kappa shape index (κ3) is 1.90. The lowest BCUT2D eigenvalue weighted by Gasteiger charge is -2.53. The summed E-state index contributed by atoms with van der Waals surface area (Å²) in [6.07, 6.45) is 3.16. The van der Waals surface area contributed by atoms with Crippen molar-refractivity contribution in [2.45, 2.75) is 19.8 Å². The topological polar surface area (TPSA) is 42.4 Å². The summed E-state index contributed by atoms with van der Waals surface area (Å²) in [6, 6.07) is 3.75. The fourth-order valence-electron chi connectivity index (χ4n) is 2.93. The van der Waals surface area contributed by atoms with E-state index in [9.17, 15) is 4.79 Å². The summed E-state index contributed by atoms with van der Waals surface area (Å²) in [6.45, 7) is 5.72. The molecule has 0 saturated carbocycles. The maximum Gasteiger partial charge on any atom is 0.153 e. The van der Waals surface area contributed by atoms with Gasteiger partial charge in [0, 0.05) is 37.4 Å². The van der Waals surface area contributed by atoms with Gasteiger partial charge in [0.15, 0.2) is 6.29 Å². The van der Waals surface area contributed by atoms with E-state index in [0.29, 0.717) is 11.0 Å². The lowest BCUT2D eigenvalue weighted by Crippen LogP contribution is -2.59. The Morgan fingerprint density at radius 2 is 2.06 bits per heavy atom. The van der Waals surface area contributed by atoms with Crippen LogP contribution in [0.1, 0.15) is 28.9 Å².